The van der Waals surface area contributed by atoms with E-state index < -0.39 is 11.7 Å². The van der Waals surface area contributed by atoms with Crippen LogP contribution in [0.5, 0.6) is 0 Å². The average Bonchev–Trinajstić information content (AvgIpc) is 2.85. The zero-order chi connectivity index (χ0) is 15.0. The van der Waals surface area contributed by atoms with Crippen molar-refractivity contribution in [2.45, 2.75) is 12.8 Å². The second-order valence-electron chi connectivity index (χ2n) is 4.73. The van der Waals surface area contributed by atoms with Gasteiger partial charge in [-0.2, -0.15) is 13.2 Å². The molecule has 2 nitrogen and oxygen atoms in total. The van der Waals surface area contributed by atoms with Crippen LogP contribution in [0.1, 0.15) is 11.3 Å². The van der Waals surface area contributed by atoms with Gasteiger partial charge in [-0.05, 0) is 36.4 Å². The molecule has 3 aromatic rings. The van der Waals surface area contributed by atoms with Gasteiger partial charge in [0.2, 0.25) is 0 Å². The van der Waals surface area contributed by atoms with E-state index >= 15 is 0 Å². The molecule has 0 aliphatic heterocycles. The summed E-state index contributed by atoms with van der Waals surface area (Å²) in [6, 6.07) is 14.2. The highest BCUT2D eigenvalue weighted by Gasteiger charge is 2.30. The van der Waals surface area contributed by atoms with E-state index in [-0.39, 0.29) is 6.61 Å². The standard InChI is InChI=1S/C16H12F3NO/c17-16(18,19)12-5-7-13(8-6-12)20-14(10-21)9-11-3-1-2-4-15(11)20/h1-9,21H,10H2. The van der Waals surface area contributed by atoms with Gasteiger partial charge in [-0.25, -0.2) is 0 Å². The van der Waals surface area contributed by atoms with Crippen molar-refractivity contribution < 1.29 is 18.3 Å². The lowest BCUT2D eigenvalue weighted by Crippen LogP contribution is -2.05. The molecule has 2 aromatic carbocycles. The molecule has 0 bridgehead atoms. The molecule has 1 N–H and O–H groups in total. The topological polar surface area (TPSA) is 25.2 Å². The third-order valence-corrected chi connectivity index (χ3v) is 3.40. The van der Waals surface area contributed by atoms with Gasteiger partial charge in [0, 0.05) is 16.8 Å². The van der Waals surface area contributed by atoms with E-state index in [9.17, 15) is 18.3 Å². The summed E-state index contributed by atoms with van der Waals surface area (Å²) in [5.74, 6) is 0. The first-order valence-electron chi connectivity index (χ1n) is 6.38. The molecule has 0 aliphatic rings. The molecule has 0 amide bonds. The maximum absolute atomic E-state index is 12.6. The number of fused-ring (bicyclic) bond motifs is 1. The number of halogens is 3. The van der Waals surface area contributed by atoms with E-state index in [4.69, 9.17) is 0 Å². The third-order valence-electron chi connectivity index (χ3n) is 3.40. The Hall–Kier alpha value is -2.27. The van der Waals surface area contributed by atoms with Gasteiger partial charge in [0.05, 0.1) is 17.7 Å². The van der Waals surface area contributed by atoms with Crippen LogP contribution in [0.25, 0.3) is 16.6 Å². The summed E-state index contributed by atoms with van der Waals surface area (Å²) in [5, 5.41) is 10.4. The highest BCUT2D eigenvalue weighted by Crippen LogP contribution is 2.31. The van der Waals surface area contributed by atoms with E-state index in [2.05, 4.69) is 0 Å². The highest BCUT2D eigenvalue weighted by molar-refractivity contribution is 5.83. The maximum Gasteiger partial charge on any atom is 0.416 e. The molecular formula is C16H12F3NO. The Kier molecular flexibility index (Phi) is 3.22. The van der Waals surface area contributed by atoms with Crippen molar-refractivity contribution in [3.63, 3.8) is 0 Å². The summed E-state index contributed by atoms with van der Waals surface area (Å²) in [7, 11) is 0. The Morgan fingerprint density at radius 1 is 0.952 bits per heavy atom. The van der Waals surface area contributed by atoms with Gasteiger partial charge in [-0.1, -0.05) is 18.2 Å². The summed E-state index contributed by atoms with van der Waals surface area (Å²) in [6.45, 7) is -0.185. The first-order valence-corrected chi connectivity index (χ1v) is 6.38. The molecule has 0 saturated heterocycles. The largest absolute Gasteiger partial charge is 0.416 e. The highest BCUT2D eigenvalue weighted by atomic mass is 19.4. The van der Waals surface area contributed by atoms with Crippen LogP contribution in [0.2, 0.25) is 0 Å². The fraction of sp³-hybridized carbons (Fsp3) is 0.125. The number of alkyl halides is 3. The Labute approximate surface area is 119 Å². The normalized spacial score (nSPS) is 12.0. The minimum absolute atomic E-state index is 0.185. The Morgan fingerprint density at radius 3 is 2.24 bits per heavy atom. The monoisotopic (exact) mass is 291 g/mol. The fourth-order valence-electron chi connectivity index (χ4n) is 2.43. The number of benzene rings is 2. The second-order valence-corrected chi connectivity index (χ2v) is 4.73. The lowest BCUT2D eigenvalue weighted by molar-refractivity contribution is -0.137. The van der Waals surface area contributed by atoms with Crippen molar-refractivity contribution >= 4 is 10.9 Å². The van der Waals surface area contributed by atoms with Crippen LogP contribution in [0.4, 0.5) is 13.2 Å². The number of nitrogens with zero attached hydrogens (tertiary/aromatic N) is 1. The maximum atomic E-state index is 12.6. The van der Waals surface area contributed by atoms with Gasteiger partial charge >= 0.3 is 6.18 Å². The zero-order valence-electron chi connectivity index (χ0n) is 10.9. The van der Waals surface area contributed by atoms with Crippen LogP contribution in [0.3, 0.4) is 0 Å². The number of para-hydroxylation sites is 1. The number of aliphatic hydroxyl groups excluding tert-OH is 1. The first kappa shape index (κ1) is 13.7. The van der Waals surface area contributed by atoms with Gasteiger partial charge in [-0.15, -0.1) is 0 Å². The number of rotatable bonds is 2. The van der Waals surface area contributed by atoms with E-state index in [1.807, 2.05) is 30.3 Å². The smallest absolute Gasteiger partial charge is 0.390 e. The predicted octanol–water partition coefficient (Wildman–Crippen LogP) is 4.14. The third kappa shape index (κ3) is 2.40. The van der Waals surface area contributed by atoms with Crippen molar-refractivity contribution in [1.29, 1.82) is 0 Å². The Balaban J connectivity index is 2.16. The first-order chi connectivity index (χ1) is 10.0. The molecule has 108 valence electrons. The van der Waals surface area contributed by atoms with Crippen molar-refractivity contribution in [2.24, 2.45) is 0 Å². The van der Waals surface area contributed by atoms with Crippen molar-refractivity contribution in [2.75, 3.05) is 0 Å². The number of hydrogen-bond acceptors (Lipinski definition) is 1. The van der Waals surface area contributed by atoms with Gasteiger partial charge in [0.1, 0.15) is 0 Å². The van der Waals surface area contributed by atoms with Crippen LogP contribution in [-0.2, 0) is 12.8 Å². The molecule has 0 saturated carbocycles. The predicted molar refractivity (Wildman–Crippen MR) is 74.2 cm³/mol. The molecule has 5 heteroatoms. The summed E-state index contributed by atoms with van der Waals surface area (Å²) in [6.07, 6.45) is -4.35. The molecule has 0 atom stereocenters. The van der Waals surface area contributed by atoms with E-state index in [0.717, 1.165) is 23.0 Å². The van der Waals surface area contributed by atoms with Crippen LogP contribution >= 0.6 is 0 Å². The number of aliphatic hydroxyl groups is 1. The summed E-state index contributed by atoms with van der Waals surface area (Å²) < 4.78 is 39.6. The SMILES string of the molecule is OCc1cc2ccccc2n1-c1ccc(C(F)(F)F)cc1. The van der Waals surface area contributed by atoms with E-state index in [1.165, 1.54) is 12.1 Å². The summed E-state index contributed by atoms with van der Waals surface area (Å²) in [4.78, 5) is 0. The van der Waals surface area contributed by atoms with Gasteiger partial charge in [-0.3, -0.25) is 0 Å². The van der Waals surface area contributed by atoms with Crippen molar-refractivity contribution in [1.82, 2.24) is 4.57 Å². The van der Waals surface area contributed by atoms with Crippen LogP contribution in [0, 0.1) is 0 Å². The molecule has 0 aliphatic carbocycles. The van der Waals surface area contributed by atoms with Crippen molar-refractivity contribution in [3.05, 3.63) is 65.9 Å². The minimum Gasteiger partial charge on any atom is -0.390 e. The minimum atomic E-state index is -4.35. The molecule has 3 rings (SSSR count). The lowest BCUT2D eigenvalue weighted by Gasteiger charge is -2.11. The zero-order valence-corrected chi connectivity index (χ0v) is 10.9. The lowest BCUT2D eigenvalue weighted by atomic mass is 10.2. The number of aromatic nitrogens is 1. The van der Waals surface area contributed by atoms with Crippen LogP contribution in [-0.4, -0.2) is 9.67 Å². The quantitative estimate of drug-likeness (QED) is 0.754. The Morgan fingerprint density at radius 2 is 1.62 bits per heavy atom. The van der Waals surface area contributed by atoms with Gasteiger partial charge in [0.25, 0.3) is 0 Å². The molecule has 0 spiro atoms. The van der Waals surface area contributed by atoms with Crippen LogP contribution < -0.4 is 0 Å². The molecule has 1 heterocycles. The van der Waals surface area contributed by atoms with E-state index in [1.54, 1.807) is 4.57 Å². The van der Waals surface area contributed by atoms with Crippen molar-refractivity contribution in [3.8, 4) is 5.69 Å². The molecular weight excluding hydrogens is 279 g/mol. The van der Waals surface area contributed by atoms with Crippen LogP contribution in [0.15, 0.2) is 54.6 Å². The average molecular weight is 291 g/mol. The molecule has 21 heavy (non-hydrogen) atoms. The molecule has 0 fully saturated rings. The summed E-state index contributed by atoms with van der Waals surface area (Å²) in [5.41, 5.74) is 1.39. The molecule has 0 radical (unpaired) electrons. The van der Waals surface area contributed by atoms with E-state index in [0.29, 0.717) is 11.4 Å². The van der Waals surface area contributed by atoms with Gasteiger partial charge < -0.3 is 9.67 Å². The fourth-order valence-corrected chi connectivity index (χ4v) is 2.43. The molecule has 0 unspecified atom stereocenters. The molecule has 1 aromatic heterocycles. The number of hydrogen-bond donors (Lipinski definition) is 1. The Bertz CT molecular complexity index is 772. The summed E-state index contributed by atoms with van der Waals surface area (Å²) >= 11 is 0. The second kappa shape index (κ2) is 4.93. The van der Waals surface area contributed by atoms with Gasteiger partial charge in [0.15, 0.2) is 0 Å².